The Hall–Kier alpha value is -2.01. The van der Waals surface area contributed by atoms with Crippen molar-refractivity contribution in [3.05, 3.63) is 35.4 Å². The number of hydrogen-bond acceptors (Lipinski definition) is 4. The number of ether oxygens (including phenoxy) is 2. The number of rotatable bonds is 6. The Morgan fingerprint density at radius 1 is 1.39 bits per heavy atom. The van der Waals surface area contributed by atoms with Gasteiger partial charge < -0.3 is 19.9 Å². The Kier molecular flexibility index (Phi) is 7.10. The maximum atomic E-state index is 11.7. The Bertz CT molecular complexity index is 544. The number of benzene rings is 1. The molecule has 5 heteroatoms. The fourth-order valence-electron chi connectivity index (χ4n) is 1.94. The highest BCUT2D eigenvalue weighted by Crippen LogP contribution is 2.19. The first kappa shape index (κ1) is 19.0. The van der Waals surface area contributed by atoms with Crippen LogP contribution >= 0.6 is 0 Å². The highest BCUT2D eigenvalue weighted by atomic mass is 16.6. The molecule has 0 aliphatic rings. The highest BCUT2D eigenvalue weighted by molar-refractivity contribution is 5.67. The Morgan fingerprint density at radius 2 is 2.09 bits per heavy atom. The average molecular weight is 321 g/mol. The summed E-state index contributed by atoms with van der Waals surface area (Å²) in [5.41, 5.74) is 1.50. The van der Waals surface area contributed by atoms with Crippen molar-refractivity contribution < 1.29 is 19.4 Å². The van der Waals surface area contributed by atoms with Gasteiger partial charge in [-0.1, -0.05) is 18.2 Å². The number of alkyl carbamates (subject to hydrolysis) is 1. The van der Waals surface area contributed by atoms with Crippen LogP contribution in [0.2, 0.25) is 0 Å². The van der Waals surface area contributed by atoms with Gasteiger partial charge in [0.25, 0.3) is 0 Å². The molecule has 0 saturated heterocycles. The van der Waals surface area contributed by atoms with Crippen LogP contribution in [0, 0.1) is 0 Å². The molecular weight excluding hydrogens is 294 g/mol. The van der Waals surface area contributed by atoms with Crippen molar-refractivity contribution in [3.63, 3.8) is 0 Å². The number of aliphatic hydroxyl groups is 1. The molecule has 1 amide bonds. The number of carbonyl (C=O) groups excluding carboxylic acids is 1. The normalized spacial score (nSPS) is 13.0. The number of carbonyl (C=O) groups is 1. The van der Waals surface area contributed by atoms with Gasteiger partial charge in [0, 0.05) is 6.54 Å². The minimum Gasteiger partial charge on any atom is -0.497 e. The van der Waals surface area contributed by atoms with E-state index in [0.29, 0.717) is 13.0 Å². The first-order valence-electron chi connectivity index (χ1n) is 7.71. The maximum absolute atomic E-state index is 11.7. The molecule has 0 fully saturated rings. The molecule has 1 atom stereocenters. The Balaban J connectivity index is 2.71. The van der Waals surface area contributed by atoms with Crippen LogP contribution in [0.3, 0.4) is 0 Å². The van der Waals surface area contributed by atoms with E-state index in [1.807, 2.05) is 45.0 Å². The monoisotopic (exact) mass is 321 g/mol. The summed E-state index contributed by atoms with van der Waals surface area (Å²) in [6.07, 6.45) is 3.28. The lowest BCUT2D eigenvalue weighted by Crippen LogP contribution is -2.33. The summed E-state index contributed by atoms with van der Waals surface area (Å²) in [5, 5.41) is 12.1. The molecule has 2 N–H and O–H groups in total. The minimum atomic E-state index is -0.509. The van der Waals surface area contributed by atoms with E-state index < -0.39 is 17.8 Å². The predicted molar refractivity (Wildman–Crippen MR) is 91.6 cm³/mol. The first-order chi connectivity index (χ1) is 10.7. The summed E-state index contributed by atoms with van der Waals surface area (Å²) in [7, 11) is 1.61. The van der Waals surface area contributed by atoms with Crippen molar-refractivity contribution in [1.82, 2.24) is 5.32 Å². The van der Waals surface area contributed by atoms with E-state index in [0.717, 1.165) is 16.9 Å². The van der Waals surface area contributed by atoms with Crippen molar-refractivity contribution in [2.45, 2.75) is 45.8 Å². The SMILES string of the molecule is COc1ccc(/C=C/[C@H](C)O)c(CCNC(=O)OC(C)(C)C)c1. The van der Waals surface area contributed by atoms with Gasteiger partial charge >= 0.3 is 6.09 Å². The molecule has 1 aromatic carbocycles. The van der Waals surface area contributed by atoms with Crippen molar-refractivity contribution in [2.24, 2.45) is 0 Å². The van der Waals surface area contributed by atoms with E-state index in [1.54, 1.807) is 20.1 Å². The zero-order valence-corrected chi connectivity index (χ0v) is 14.6. The van der Waals surface area contributed by atoms with Gasteiger partial charge in [-0.25, -0.2) is 4.79 Å². The third-order valence-electron chi connectivity index (χ3n) is 2.97. The summed E-state index contributed by atoms with van der Waals surface area (Å²) in [6, 6.07) is 5.73. The molecule has 0 aromatic heterocycles. The molecule has 0 saturated carbocycles. The number of hydrogen-bond donors (Lipinski definition) is 2. The Labute approximate surface area is 138 Å². The van der Waals surface area contributed by atoms with Crippen LogP contribution in [0.25, 0.3) is 6.08 Å². The molecule has 23 heavy (non-hydrogen) atoms. The largest absolute Gasteiger partial charge is 0.497 e. The zero-order valence-electron chi connectivity index (χ0n) is 14.6. The van der Waals surface area contributed by atoms with Gasteiger partial charge in [-0.05, 0) is 57.4 Å². The van der Waals surface area contributed by atoms with Crippen molar-refractivity contribution in [3.8, 4) is 5.75 Å². The molecular formula is C18H27NO4. The third kappa shape index (κ3) is 7.70. The smallest absolute Gasteiger partial charge is 0.407 e. The van der Waals surface area contributed by atoms with Crippen LogP contribution in [-0.2, 0) is 11.2 Å². The molecule has 0 spiro atoms. The number of aliphatic hydroxyl groups excluding tert-OH is 1. The fraction of sp³-hybridized carbons (Fsp3) is 0.500. The van der Waals surface area contributed by atoms with Crippen LogP contribution in [0.1, 0.15) is 38.8 Å². The molecule has 1 aromatic rings. The molecule has 0 aliphatic heterocycles. The summed E-state index contributed by atoms with van der Waals surface area (Å²) >= 11 is 0. The second-order valence-electron chi connectivity index (χ2n) is 6.34. The van der Waals surface area contributed by atoms with Crippen molar-refractivity contribution in [2.75, 3.05) is 13.7 Å². The van der Waals surface area contributed by atoms with E-state index in [-0.39, 0.29) is 0 Å². The lowest BCUT2D eigenvalue weighted by molar-refractivity contribution is 0.0528. The quantitative estimate of drug-likeness (QED) is 0.844. The van der Waals surface area contributed by atoms with E-state index in [1.165, 1.54) is 0 Å². The second-order valence-corrected chi connectivity index (χ2v) is 6.34. The van der Waals surface area contributed by atoms with Gasteiger partial charge in [-0.15, -0.1) is 0 Å². The topological polar surface area (TPSA) is 67.8 Å². The van der Waals surface area contributed by atoms with Gasteiger partial charge in [0.1, 0.15) is 11.4 Å². The van der Waals surface area contributed by atoms with Crippen LogP contribution < -0.4 is 10.1 Å². The molecule has 0 bridgehead atoms. The predicted octanol–water partition coefficient (Wildman–Crippen LogP) is 3.16. The first-order valence-corrected chi connectivity index (χ1v) is 7.71. The van der Waals surface area contributed by atoms with E-state index in [4.69, 9.17) is 9.47 Å². The standard InChI is InChI=1S/C18H27NO4/c1-13(20)6-7-14-8-9-16(22-5)12-15(14)10-11-19-17(21)23-18(2,3)4/h6-9,12-13,20H,10-11H2,1-5H3,(H,19,21)/b7-6+/t13-/m0/s1. The van der Waals surface area contributed by atoms with Gasteiger partial charge in [0.15, 0.2) is 0 Å². The number of methoxy groups -OCH3 is 1. The molecule has 1 rings (SSSR count). The Morgan fingerprint density at radius 3 is 2.65 bits per heavy atom. The maximum Gasteiger partial charge on any atom is 0.407 e. The van der Waals surface area contributed by atoms with Gasteiger partial charge in [0.05, 0.1) is 13.2 Å². The third-order valence-corrected chi connectivity index (χ3v) is 2.97. The second kappa shape index (κ2) is 8.58. The lowest BCUT2D eigenvalue weighted by Gasteiger charge is -2.19. The van der Waals surface area contributed by atoms with Gasteiger partial charge in [0.2, 0.25) is 0 Å². The van der Waals surface area contributed by atoms with Crippen LogP contribution in [0.4, 0.5) is 4.79 Å². The molecule has 0 unspecified atom stereocenters. The molecule has 0 heterocycles. The number of amides is 1. The van der Waals surface area contributed by atoms with Crippen molar-refractivity contribution >= 4 is 12.2 Å². The number of nitrogens with one attached hydrogen (secondary N) is 1. The minimum absolute atomic E-state index is 0.429. The molecule has 0 aliphatic carbocycles. The fourth-order valence-corrected chi connectivity index (χ4v) is 1.94. The van der Waals surface area contributed by atoms with Crippen LogP contribution in [-0.4, -0.2) is 36.6 Å². The highest BCUT2D eigenvalue weighted by Gasteiger charge is 2.15. The summed E-state index contributed by atoms with van der Waals surface area (Å²) < 4.78 is 10.5. The lowest BCUT2D eigenvalue weighted by atomic mass is 10.0. The summed E-state index contributed by atoms with van der Waals surface area (Å²) in [6.45, 7) is 7.64. The summed E-state index contributed by atoms with van der Waals surface area (Å²) in [5.74, 6) is 0.756. The van der Waals surface area contributed by atoms with Crippen molar-refractivity contribution in [1.29, 1.82) is 0 Å². The van der Waals surface area contributed by atoms with Gasteiger partial charge in [-0.3, -0.25) is 0 Å². The average Bonchev–Trinajstić information content (AvgIpc) is 2.43. The summed E-state index contributed by atoms with van der Waals surface area (Å²) in [4.78, 5) is 11.7. The van der Waals surface area contributed by atoms with E-state index in [9.17, 15) is 9.90 Å². The van der Waals surface area contributed by atoms with E-state index in [2.05, 4.69) is 5.32 Å². The van der Waals surface area contributed by atoms with Crippen LogP contribution in [0.5, 0.6) is 5.75 Å². The van der Waals surface area contributed by atoms with Crippen LogP contribution in [0.15, 0.2) is 24.3 Å². The zero-order chi connectivity index (χ0) is 17.5. The molecule has 5 nitrogen and oxygen atoms in total. The van der Waals surface area contributed by atoms with Gasteiger partial charge in [-0.2, -0.15) is 0 Å². The molecule has 0 radical (unpaired) electrons. The molecule has 128 valence electrons. The van der Waals surface area contributed by atoms with E-state index >= 15 is 0 Å².